The monoisotopic (exact) mass is 483 g/mol. The van der Waals surface area contributed by atoms with Crippen LogP contribution in [0.15, 0.2) is 42.5 Å². The third kappa shape index (κ3) is 7.99. The van der Waals surface area contributed by atoms with Crippen LogP contribution in [-0.4, -0.2) is 54.4 Å². The van der Waals surface area contributed by atoms with Crippen LogP contribution >= 0.6 is 0 Å². The number of carbonyl (C=O) groups excluding carboxylic acids is 1. The summed E-state index contributed by atoms with van der Waals surface area (Å²) >= 11 is 0. The number of rotatable bonds is 11. The quantitative estimate of drug-likeness (QED) is 0.353. The molecule has 35 heavy (non-hydrogen) atoms. The minimum Gasteiger partial charge on any atom is -0.463 e. The highest BCUT2D eigenvalue weighted by atomic mass is 19.1. The number of ether oxygens (including phenoxy) is 2. The summed E-state index contributed by atoms with van der Waals surface area (Å²) in [5, 5.41) is 10.7. The molecule has 0 bridgehead atoms. The van der Waals surface area contributed by atoms with Crippen LogP contribution in [0.1, 0.15) is 60.6 Å². The molecular weight excluding hydrogens is 445 g/mol. The van der Waals surface area contributed by atoms with E-state index in [0.29, 0.717) is 24.8 Å². The fourth-order valence-corrected chi connectivity index (χ4v) is 4.62. The molecule has 5 nitrogen and oxygen atoms in total. The molecule has 1 aliphatic rings. The third-order valence-electron chi connectivity index (χ3n) is 6.56. The molecule has 3 atom stereocenters. The van der Waals surface area contributed by atoms with Crippen LogP contribution in [-0.2, 0) is 20.7 Å². The lowest BCUT2D eigenvalue weighted by Gasteiger charge is -2.27. The second-order valence-electron chi connectivity index (χ2n) is 9.43. The molecule has 2 aromatic rings. The predicted octanol–water partition coefficient (Wildman–Crippen LogP) is 5.16. The van der Waals surface area contributed by atoms with Gasteiger partial charge in [-0.25, -0.2) is 9.18 Å². The standard InChI is InChI=1S/C29H38FNO4/c1-5-34-29(33)13-12-24-11-8-20(2)15-27(24)22(4)35-19-26(32)18-31-14-6-7-25(31)16-23-10-9-21(3)28(30)17-23/h8-13,15,17,22,25-26,32H,5-7,14,16,18-19H2,1-4H3/t22-,25+,26-/m1/s1. The zero-order chi connectivity index (χ0) is 25.4. The number of halogens is 1. The van der Waals surface area contributed by atoms with Gasteiger partial charge in [0.25, 0.3) is 0 Å². The topological polar surface area (TPSA) is 59.0 Å². The number of nitrogens with zero attached hydrogens (tertiary/aromatic N) is 1. The van der Waals surface area contributed by atoms with Gasteiger partial charge >= 0.3 is 5.97 Å². The fraction of sp³-hybridized carbons (Fsp3) is 0.483. The Bertz CT molecular complexity index is 1020. The van der Waals surface area contributed by atoms with Gasteiger partial charge in [-0.1, -0.05) is 35.9 Å². The van der Waals surface area contributed by atoms with Crippen molar-refractivity contribution in [2.75, 3.05) is 26.3 Å². The summed E-state index contributed by atoms with van der Waals surface area (Å²) in [5.41, 5.74) is 4.59. The van der Waals surface area contributed by atoms with Gasteiger partial charge in [0.15, 0.2) is 0 Å². The van der Waals surface area contributed by atoms with E-state index in [1.165, 1.54) is 6.08 Å². The second-order valence-corrected chi connectivity index (χ2v) is 9.43. The maximum atomic E-state index is 14.0. The van der Waals surface area contributed by atoms with E-state index in [1.807, 2.05) is 44.2 Å². The summed E-state index contributed by atoms with van der Waals surface area (Å²) in [5.74, 6) is -0.543. The van der Waals surface area contributed by atoms with E-state index < -0.39 is 6.10 Å². The average molecular weight is 484 g/mol. The Morgan fingerprint density at radius 2 is 2.06 bits per heavy atom. The van der Waals surface area contributed by atoms with Crippen molar-refractivity contribution in [3.05, 3.63) is 76.1 Å². The maximum Gasteiger partial charge on any atom is 0.330 e. The minimum atomic E-state index is -0.629. The molecule has 6 heteroatoms. The Morgan fingerprint density at radius 3 is 2.80 bits per heavy atom. The lowest BCUT2D eigenvalue weighted by atomic mass is 10.00. The first-order valence-corrected chi connectivity index (χ1v) is 12.5. The molecule has 0 spiro atoms. The number of aryl methyl sites for hydroxylation is 2. The van der Waals surface area contributed by atoms with Gasteiger partial charge in [-0.3, -0.25) is 4.90 Å². The smallest absolute Gasteiger partial charge is 0.330 e. The van der Waals surface area contributed by atoms with Crippen molar-refractivity contribution < 1.29 is 23.8 Å². The maximum absolute atomic E-state index is 14.0. The molecule has 0 saturated carbocycles. The van der Waals surface area contributed by atoms with Gasteiger partial charge in [0.05, 0.1) is 25.4 Å². The Kier molecular flexibility index (Phi) is 10.0. The zero-order valence-electron chi connectivity index (χ0n) is 21.3. The molecule has 1 heterocycles. The number of hydrogen-bond donors (Lipinski definition) is 1. The van der Waals surface area contributed by atoms with Crippen LogP contribution in [0.3, 0.4) is 0 Å². The fourth-order valence-electron chi connectivity index (χ4n) is 4.62. The van der Waals surface area contributed by atoms with E-state index in [0.717, 1.165) is 48.1 Å². The lowest BCUT2D eigenvalue weighted by Crippen LogP contribution is -2.39. The summed E-state index contributed by atoms with van der Waals surface area (Å²) in [6.07, 6.45) is 5.17. The number of β-amino-alcohol motifs (C(OH)–C–C–N with tert-alkyl or cyclic N) is 1. The van der Waals surface area contributed by atoms with Crippen molar-refractivity contribution in [1.82, 2.24) is 4.90 Å². The molecule has 0 radical (unpaired) electrons. The predicted molar refractivity (Wildman–Crippen MR) is 137 cm³/mol. The normalized spacial score (nSPS) is 18.2. The van der Waals surface area contributed by atoms with Gasteiger partial charge in [-0.15, -0.1) is 0 Å². The Balaban J connectivity index is 1.56. The van der Waals surface area contributed by atoms with Crippen LogP contribution in [0.2, 0.25) is 0 Å². The van der Waals surface area contributed by atoms with Gasteiger partial charge in [0, 0.05) is 18.7 Å². The van der Waals surface area contributed by atoms with Gasteiger partial charge in [0.2, 0.25) is 0 Å². The number of benzene rings is 2. The summed E-state index contributed by atoms with van der Waals surface area (Å²) in [6, 6.07) is 11.7. The summed E-state index contributed by atoms with van der Waals surface area (Å²) < 4.78 is 25.0. The number of hydrogen-bond acceptors (Lipinski definition) is 5. The van der Waals surface area contributed by atoms with Crippen molar-refractivity contribution in [2.45, 2.75) is 65.2 Å². The lowest BCUT2D eigenvalue weighted by molar-refractivity contribution is -0.137. The zero-order valence-corrected chi connectivity index (χ0v) is 21.3. The summed E-state index contributed by atoms with van der Waals surface area (Å²) in [7, 11) is 0. The number of esters is 1. The first-order valence-electron chi connectivity index (χ1n) is 12.5. The average Bonchev–Trinajstić information content (AvgIpc) is 3.25. The molecule has 0 amide bonds. The largest absolute Gasteiger partial charge is 0.463 e. The molecule has 2 aromatic carbocycles. The highest BCUT2D eigenvalue weighted by molar-refractivity contribution is 5.87. The minimum absolute atomic E-state index is 0.165. The Hall–Kier alpha value is -2.54. The van der Waals surface area contributed by atoms with Crippen LogP contribution in [0, 0.1) is 19.7 Å². The van der Waals surface area contributed by atoms with Crippen molar-refractivity contribution in [2.24, 2.45) is 0 Å². The highest BCUT2D eigenvalue weighted by Gasteiger charge is 2.27. The molecule has 1 aliphatic heterocycles. The van der Waals surface area contributed by atoms with Crippen molar-refractivity contribution in [1.29, 1.82) is 0 Å². The van der Waals surface area contributed by atoms with Gasteiger partial charge in [-0.05, 0) is 87.9 Å². The third-order valence-corrected chi connectivity index (χ3v) is 6.56. The van der Waals surface area contributed by atoms with E-state index in [9.17, 15) is 14.3 Å². The van der Waals surface area contributed by atoms with Gasteiger partial charge in [0.1, 0.15) is 5.82 Å². The van der Waals surface area contributed by atoms with Crippen molar-refractivity contribution in [3.8, 4) is 0 Å². The van der Waals surface area contributed by atoms with E-state index in [-0.39, 0.29) is 24.5 Å². The highest BCUT2D eigenvalue weighted by Crippen LogP contribution is 2.25. The van der Waals surface area contributed by atoms with E-state index in [2.05, 4.69) is 4.90 Å². The van der Waals surface area contributed by atoms with E-state index >= 15 is 0 Å². The first-order chi connectivity index (χ1) is 16.8. The first kappa shape index (κ1) is 27.1. The van der Waals surface area contributed by atoms with Crippen LogP contribution in [0.4, 0.5) is 4.39 Å². The Morgan fingerprint density at radius 1 is 1.26 bits per heavy atom. The van der Waals surface area contributed by atoms with E-state index in [1.54, 1.807) is 26.0 Å². The van der Waals surface area contributed by atoms with Gasteiger partial charge < -0.3 is 14.6 Å². The summed E-state index contributed by atoms with van der Waals surface area (Å²) in [6.45, 7) is 9.50. The Labute approximate surface area is 208 Å². The molecule has 1 N–H and O–H groups in total. The molecule has 3 rings (SSSR count). The van der Waals surface area contributed by atoms with Gasteiger partial charge in [-0.2, -0.15) is 0 Å². The van der Waals surface area contributed by atoms with E-state index in [4.69, 9.17) is 9.47 Å². The van der Waals surface area contributed by atoms with Crippen molar-refractivity contribution in [3.63, 3.8) is 0 Å². The van der Waals surface area contributed by atoms with Crippen molar-refractivity contribution >= 4 is 12.0 Å². The van der Waals surface area contributed by atoms with Crippen LogP contribution in [0.5, 0.6) is 0 Å². The van der Waals surface area contributed by atoms with Crippen LogP contribution < -0.4 is 0 Å². The molecule has 190 valence electrons. The number of aliphatic hydroxyl groups excluding tert-OH is 1. The number of likely N-dealkylation sites (tertiary alicyclic amines) is 1. The molecule has 1 saturated heterocycles. The molecule has 0 aliphatic carbocycles. The second kappa shape index (κ2) is 13.0. The molecular formula is C29H38FNO4. The number of carbonyl (C=O) groups is 1. The molecule has 0 aromatic heterocycles. The molecule has 1 fully saturated rings. The summed E-state index contributed by atoms with van der Waals surface area (Å²) in [4.78, 5) is 14.0. The van der Waals surface area contributed by atoms with Crippen LogP contribution in [0.25, 0.3) is 6.08 Å². The molecule has 0 unspecified atom stereocenters. The number of aliphatic hydroxyl groups is 1. The SMILES string of the molecule is CCOC(=O)C=Cc1ccc(C)cc1[C@@H](C)OC[C@H](O)CN1CCC[C@H]1Cc1ccc(C)c(F)c1.